The van der Waals surface area contributed by atoms with Gasteiger partial charge in [-0.2, -0.15) is 0 Å². The van der Waals surface area contributed by atoms with E-state index in [-0.39, 0.29) is 5.25 Å². The van der Waals surface area contributed by atoms with Crippen LogP contribution in [0.3, 0.4) is 0 Å². The first-order valence-electron chi connectivity index (χ1n) is 11.6. The van der Waals surface area contributed by atoms with Crippen LogP contribution in [-0.4, -0.2) is 48.9 Å². The topological polar surface area (TPSA) is 110 Å². The third kappa shape index (κ3) is 5.02. The van der Waals surface area contributed by atoms with E-state index in [2.05, 4.69) is 37.9 Å². The molecule has 0 amide bonds. The van der Waals surface area contributed by atoms with Gasteiger partial charge in [-0.3, -0.25) is 4.98 Å². The number of hydrogen-bond donors (Lipinski definition) is 2. The zero-order valence-electron chi connectivity index (χ0n) is 19.4. The van der Waals surface area contributed by atoms with Crippen LogP contribution in [0.25, 0.3) is 34.0 Å². The van der Waals surface area contributed by atoms with Crippen molar-refractivity contribution in [3.8, 4) is 34.0 Å². The van der Waals surface area contributed by atoms with E-state index in [1.165, 1.54) is 5.56 Å². The van der Waals surface area contributed by atoms with E-state index in [0.717, 1.165) is 36.3 Å². The summed E-state index contributed by atoms with van der Waals surface area (Å²) in [5.41, 5.74) is 4.81. The number of rotatable bonds is 7. The van der Waals surface area contributed by atoms with Crippen molar-refractivity contribution in [2.75, 3.05) is 20.1 Å². The van der Waals surface area contributed by atoms with Crippen molar-refractivity contribution in [3.63, 3.8) is 0 Å². The first kappa shape index (κ1) is 23.3. The first-order valence-corrected chi connectivity index (χ1v) is 13.2. The van der Waals surface area contributed by atoms with E-state index in [1.54, 1.807) is 36.7 Å². The van der Waals surface area contributed by atoms with Gasteiger partial charge in [-0.25, -0.2) is 13.4 Å². The minimum Gasteiger partial charge on any atom is -0.354 e. The van der Waals surface area contributed by atoms with E-state index < -0.39 is 9.84 Å². The normalized spacial score (nSPS) is 16.3. The van der Waals surface area contributed by atoms with Crippen LogP contribution in [0.4, 0.5) is 0 Å². The zero-order valence-corrected chi connectivity index (χ0v) is 20.3. The van der Waals surface area contributed by atoms with Crippen LogP contribution in [0, 0.1) is 0 Å². The van der Waals surface area contributed by atoms with Crippen LogP contribution in [0.2, 0.25) is 0 Å². The highest BCUT2D eigenvalue weighted by Gasteiger charge is 2.28. The molecule has 1 aliphatic heterocycles. The Labute approximate surface area is 204 Å². The molecular formula is C26H27N5O3S. The summed E-state index contributed by atoms with van der Waals surface area (Å²) in [6.45, 7) is 2.17. The molecule has 3 heterocycles. The Morgan fingerprint density at radius 1 is 1.00 bits per heavy atom. The maximum Gasteiger partial charge on any atom is 0.187 e. The minimum atomic E-state index is -3.37. The van der Waals surface area contributed by atoms with E-state index in [9.17, 15) is 8.42 Å². The molecule has 2 N–H and O–H groups in total. The molecule has 5 rings (SSSR count). The highest BCUT2D eigenvalue weighted by Crippen LogP contribution is 2.28. The maximum atomic E-state index is 13.0. The fourth-order valence-corrected chi connectivity index (χ4v) is 5.96. The molecule has 2 aromatic carbocycles. The van der Waals surface area contributed by atoms with Crippen molar-refractivity contribution in [3.05, 3.63) is 72.6 Å². The monoisotopic (exact) mass is 489 g/mol. The van der Waals surface area contributed by atoms with Gasteiger partial charge in [-0.1, -0.05) is 41.6 Å². The molecule has 180 valence electrons. The number of nitrogens with zero attached hydrogens (tertiary/aromatic N) is 3. The molecule has 1 unspecified atom stereocenters. The van der Waals surface area contributed by atoms with Crippen molar-refractivity contribution in [2.45, 2.75) is 29.5 Å². The number of sulfone groups is 1. The molecule has 1 atom stereocenters. The number of aromatic nitrogens is 3. The molecule has 1 aliphatic rings. The Balaban J connectivity index is 1.36. The Bertz CT molecular complexity index is 1390. The molecule has 9 heteroatoms. The fraction of sp³-hybridized carbons (Fsp3) is 0.269. The Morgan fingerprint density at radius 2 is 1.71 bits per heavy atom. The molecule has 0 saturated carbocycles. The lowest BCUT2D eigenvalue weighted by Gasteiger charge is -2.22. The van der Waals surface area contributed by atoms with Gasteiger partial charge < -0.3 is 15.2 Å². The summed E-state index contributed by atoms with van der Waals surface area (Å²) in [5.74, 6) is 0.512. The second-order valence-electron chi connectivity index (χ2n) is 8.63. The second kappa shape index (κ2) is 10.1. The van der Waals surface area contributed by atoms with Gasteiger partial charge in [-0.05, 0) is 44.1 Å². The van der Waals surface area contributed by atoms with Crippen LogP contribution >= 0.6 is 0 Å². The van der Waals surface area contributed by atoms with Crippen LogP contribution in [-0.2, 0) is 16.4 Å². The van der Waals surface area contributed by atoms with Gasteiger partial charge in [0, 0.05) is 30.3 Å². The third-order valence-electron chi connectivity index (χ3n) is 6.20. The molecule has 1 fully saturated rings. The molecule has 0 spiro atoms. The highest BCUT2D eigenvalue weighted by molar-refractivity contribution is 7.92. The van der Waals surface area contributed by atoms with E-state index >= 15 is 0 Å². The number of benzene rings is 2. The molecule has 4 aromatic rings. The molecule has 2 aromatic heterocycles. The molecule has 35 heavy (non-hydrogen) atoms. The van der Waals surface area contributed by atoms with Gasteiger partial charge in [0.25, 0.3) is 0 Å². The summed E-state index contributed by atoms with van der Waals surface area (Å²) in [5, 5.41) is 10.1. The predicted molar refractivity (Wildman–Crippen MR) is 134 cm³/mol. The Morgan fingerprint density at radius 3 is 2.43 bits per heavy atom. The van der Waals surface area contributed by atoms with Gasteiger partial charge in [0.1, 0.15) is 11.4 Å². The maximum absolute atomic E-state index is 13.0. The van der Waals surface area contributed by atoms with Gasteiger partial charge in [0.15, 0.2) is 15.6 Å². The average molecular weight is 490 g/mol. The smallest absolute Gasteiger partial charge is 0.187 e. The Kier molecular flexibility index (Phi) is 6.72. The van der Waals surface area contributed by atoms with Crippen molar-refractivity contribution < 1.29 is 12.9 Å². The molecular weight excluding hydrogens is 462 g/mol. The lowest BCUT2D eigenvalue weighted by molar-refractivity contribution is 0.433. The molecule has 1 saturated heterocycles. The van der Waals surface area contributed by atoms with E-state index in [4.69, 9.17) is 4.52 Å². The van der Waals surface area contributed by atoms with Crippen molar-refractivity contribution in [2.24, 2.45) is 0 Å². The van der Waals surface area contributed by atoms with E-state index in [0.29, 0.717) is 35.0 Å². The second-order valence-corrected chi connectivity index (χ2v) is 10.9. The van der Waals surface area contributed by atoms with Crippen molar-refractivity contribution in [1.29, 1.82) is 0 Å². The standard InChI is InChI=1S/C26H27N5O3S/c1-27-14-18-4-6-19(7-5-18)23-13-26(34-31-23)25-17-29-16-24(30-25)20-8-10-21(11-9-20)35(32,33)22-3-2-12-28-15-22/h4-11,13,16-17,22,27-28H,2-3,12,14-15H2,1H3. The van der Waals surface area contributed by atoms with Crippen molar-refractivity contribution in [1.82, 2.24) is 25.8 Å². The molecule has 8 nitrogen and oxygen atoms in total. The fourth-order valence-electron chi connectivity index (χ4n) is 4.25. The van der Waals surface area contributed by atoms with Gasteiger partial charge in [0.05, 0.1) is 28.2 Å². The van der Waals surface area contributed by atoms with Crippen LogP contribution in [0.15, 0.2) is 76.4 Å². The zero-order chi connectivity index (χ0) is 24.3. The van der Waals surface area contributed by atoms with Crippen LogP contribution in [0.5, 0.6) is 0 Å². The minimum absolute atomic E-state index is 0.333. The summed E-state index contributed by atoms with van der Waals surface area (Å²) in [4.78, 5) is 9.32. The number of piperidine rings is 1. The summed E-state index contributed by atoms with van der Waals surface area (Å²) in [6, 6.07) is 16.8. The summed E-state index contributed by atoms with van der Waals surface area (Å²) in [6.07, 6.45) is 4.83. The lowest BCUT2D eigenvalue weighted by atomic mass is 10.1. The van der Waals surface area contributed by atoms with Gasteiger partial charge in [0.2, 0.25) is 0 Å². The SMILES string of the molecule is CNCc1ccc(-c2cc(-c3cncc(-c4ccc(S(=O)(=O)C5CCCNC5)cc4)n3)on2)cc1. The Hall–Kier alpha value is -3.40. The summed E-state index contributed by atoms with van der Waals surface area (Å²) < 4.78 is 31.5. The van der Waals surface area contributed by atoms with E-state index in [1.807, 2.05) is 25.2 Å². The average Bonchev–Trinajstić information content (AvgIpc) is 3.41. The summed E-state index contributed by atoms with van der Waals surface area (Å²) in [7, 11) is -1.45. The number of hydrogen-bond acceptors (Lipinski definition) is 8. The largest absolute Gasteiger partial charge is 0.354 e. The first-order chi connectivity index (χ1) is 17.0. The summed E-state index contributed by atoms with van der Waals surface area (Å²) >= 11 is 0. The van der Waals surface area contributed by atoms with Crippen LogP contribution < -0.4 is 10.6 Å². The molecule has 0 aliphatic carbocycles. The lowest BCUT2D eigenvalue weighted by Crippen LogP contribution is -2.38. The molecule has 0 radical (unpaired) electrons. The third-order valence-corrected chi connectivity index (χ3v) is 8.41. The molecule has 0 bridgehead atoms. The quantitative estimate of drug-likeness (QED) is 0.404. The number of nitrogens with one attached hydrogen (secondary N) is 2. The van der Waals surface area contributed by atoms with Crippen LogP contribution in [0.1, 0.15) is 18.4 Å². The highest BCUT2D eigenvalue weighted by atomic mass is 32.2. The van der Waals surface area contributed by atoms with Crippen molar-refractivity contribution >= 4 is 9.84 Å². The van der Waals surface area contributed by atoms with Gasteiger partial charge >= 0.3 is 0 Å². The van der Waals surface area contributed by atoms with Gasteiger partial charge in [-0.15, -0.1) is 0 Å². The predicted octanol–water partition coefficient (Wildman–Crippen LogP) is 3.71.